The van der Waals surface area contributed by atoms with Gasteiger partial charge in [-0.25, -0.2) is 0 Å². The van der Waals surface area contributed by atoms with E-state index in [0.717, 1.165) is 29.8 Å². The molecule has 4 rings (SSSR count). The van der Waals surface area contributed by atoms with Gasteiger partial charge in [0.1, 0.15) is 4.91 Å². The lowest BCUT2D eigenvalue weighted by molar-refractivity contribution is 0.137. The summed E-state index contributed by atoms with van der Waals surface area (Å²) in [6.45, 7) is 10.7. The molecule has 0 aliphatic carbocycles. The Bertz CT molecular complexity index is 1300. The standard InChI is InChI=1S/C27H31NO6S/c1-7-9-19(8-2)35(29,30)34-27-22-16-28-13-12-18-14-24(32-5)25(33-6)15-21(18)26(28)17(3)20(22)10-11-23(27)31-4/h7-11,14-15,17,26H,1-2,12-13,16H2,3-6H3/b19-9+. The molecule has 0 saturated carbocycles. The van der Waals surface area contributed by atoms with E-state index in [0.29, 0.717) is 18.0 Å². The van der Waals surface area contributed by atoms with E-state index in [4.69, 9.17) is 18.4 Å². The van der Waals surface area contributed by atoms with Crippen molar-refractivity contribution >= 4 is 10.1 Å². The molecule has 0 radical (unpaired) electrons. The van der Waals surface area contributed by atoms with Crippen LogP contribution in [0.2, 0.25) is 0 Å². The lowest BCUT2D eigenvalue weighted by Crippen LogP contribution is -2.41. The summed E-state index contributed by atoms with van der Waals surface area (Å²) in [5, 5.41) is 0. The third kappa shape index (κ3) is 4.32. The minimum Gasteiger partial charge on any atom is -0.493 e. The molecule has 0 bridgehead atoms. The number of nitrogens with zero attached hydrogens (tertiary/aromatic N) is 1. The van der Waals surface area contributed by atoms with Gasteiger partial charge in [0.15, 0.2) is 23.0 Å². The van der Waals surface area contributed by atoms with Gasteiger partial charge in [0.25, 0.3) is 0 Å². The summed E-state index contributed by atoms with van der Waals surface area (Å²) in [7, 11) is 0.659. The summed E-state index contributed by atoms with van der Waals surface area (Å²) in [6.07, 6.45) is 4.82. The Morgan fingerprint density at radius 1 is 1.03 bits per heavy atom. The largest absolute Gasteiger partial charge is 0.493 e. The SMILES string of the molecule is C=C/C=C(\C=C)S(=O)(=O)Oc1c(OC)ccc2c1CN1CCc3cc(OC)c(OC)cc3C1C2C. The molecule has 2 unspecified atom stereocenters. The quantitative estimate of drug-likeness (QED) is 0.380. The fourth-order valence-electron chi connectivity index (χ4n) is 5.16. The fourth-order valence-corrected chi connectivity index (χ4v) is 6.12. The van der Waals surface area contributed by atoms with Crippen molar-refractivity contribution in [3.63, 3.8) is 0 Å². The lowest BCUT2D eigenvalue weighted by atomic mass is 9.77. The second-order valence-corrected chi connectivity index (χ2v) is 10.1. The molecule has 0 aromatic heterocycles. The van der Waals surface area contributed by atoms with Crippen LogP contribution in [0.1, 0.15) is 41.1 Å². The Kier molecular flexibility index (Phi) is 6.96. The number of allylic oxidation sites excluding steroid dienone is 3. The minimum atomic E-state index is -4.12. The summed E-state index contributed by atoms with van der Waals surface area (Å²) < 4.78 is 48.3. The van der Waals surface area contributed by atoms with Gasteiger partial charge in [0.05, 0.1) is 21.3 Å². The van der Waals surface area contributed by atoms with Crippen molar-refractivity contribution < 1.29 is 26.8 Å². The second kappa shape index (κ2) is 9.79. The van der Waals surface area contributed by atoms with E-state index in [1.54, 1.807) is 20.3 Å². The van der Waals surface area contributed by atoms with Gasteiger partial charge in [0, 0.05) is 30.6 Å². The maximum absolute atomic E-state index is 13.0. The average molecular weight is 498 g/mol. The van der Waals surface area contributed by atoms with Crippen LogP contribution in [0.5, 0.6) is 23.0 Å². The van der Waals surface area contributed by atoms with Crippen LogP contribution in [0.4, 0.5) is 0 Å². The van der Waals surface area contributed by atoms with Crippen molar-refractivity contribution in [3.05, 3.63) is 82.8 Å². The van der Waals surface area contributed by atoms with E-state index in [1.165, 1.54) is 36.5 Å². The van der Waals surface area contributed by atoms with Gasteiger partial charge in [-0.2, -0.15) is 8.42 Å². The lowest BCUT2D eigenvalue weighted by Gasteiger charge is -2.45. The van der Waals surface area contributed by atoms with E-state index >= 15 is 0 Å². The molecule has 2 atom stereocenters. The number of methoxy groups -OCH3 is 3. The molecule has 2 aromatic carbocycles. The molecule has 0 amide bonds. The molecule has 186 valence electrons. The number of hydrogen-bond donors (Lipinski definition) is 0. The highest BCUT2D eigenvalue weighted by Gasteiger charge is 2.40. The highest BCUT2D eigenvalue weighted by molar-refractivity contribution is 7.91. The molecule has 2 aliphatic rings. The van der Waals surface area contributed by atoms with E-state index in [1.807, 2.05) is 6.07 Å². The van der Waals surface area contributed by atoms with Gasteiger partial charge in [-0.3, -0.25) is 4.90 Å². The van der Waals surface area contributed by atoms with E-state index in [2.05, 4.69) is 37.1 Å². The van der Waals surface area contributed by atoms with Crippen molar-refractivity contribution in [3.8, 4) is 23.0 Å². The van der Waals surface area contributed by atoms with Gasteiger partial charge in [-0.1, -0.05) is 32.2 Å². The average Bonchev–Trinajstić information content (AvgIpc) is 2.86. The number of ether oxygens (including phenoxy) is 3. The van der Waals surface area contributed by atoms with Crippen LogP contribution in [-0.2, 0) is 23.1 Å². The molecule has 0 N–H and O–H groups in total. The molecule has 2 aromatic rings. The molecule has 0 spiro atoms. The zero-order valence-electron chi connectivity index (χ0n) is 20.5. The molecular formula is C27H31NO6S. The van der Waals surface area contributed by atoms with E-state index < -0.39 is 10.1 Å². The van der Waals surface area contributed by atoms with E-state index in [9.17, 15) is 8.42 Å². The summed E-state index contributed by atoms with van der Waals surface area (Å²) in [6, 6.07) is 7.99. The molecule has 8 heteroatoms. The van der Waals surface area contributed by atoms with Gasteiger partial charge in [-0.05, 0) is 53.5 Å². The number of hydrogen-bond acceptors (Lipinski definition) is 7. The summed E-state index contributed by atoms with van der Waals surface area (Å²) in [4.78, 5) is 2.29. The maximum Gasteiger partial charge on any atom is 0.339 e. The molecule has 0 saturated heterocycles. The van der Waals surface area contributed by atoms with Gasteiger partial charge >= 0.3 is 10.1 Å². The first kappa shape index (κ1) is 24.9. The Labute approximate surface area is 207 Å². The van der Waals surface area contributed by atoms with E-state index in [-0.39, 0.29) is 22.6 Å². The first-order valence-electron chi connectivity index (χ1n) is 11.4. The predicted octanol–water partition coefficient (Wildman–Crippen LogP) is 4.89. The van der Waals surface area contributed by atoms with Crippen LogP contribution in [0.15, 0.2) is 60.6 Å². The maximum atomic E-state index is 13.0. The van der Waals surface area contributed by atoms with Crippen LogP contribution < -0.4 is 18.4 Å². The van der Waals surface area contributed by atoms with Crippen molar-refractivity contribution in [1.29, 1.82) is 0 Å². The van der Waals surface area contributed by atoms with Gasteiger partial charge in [-0.15, -0.1) is 0 Å². The third-order valence-electron chi connectivity index (χ3n) is 6.80. The number of benzene rings is 2. The smallest absolute Gasteiger partial charge is 0.339 e. The van der Waals surface area contributed by atoms with Gasteiger partial charge in [0.2, 0.25) is 0 Å². The molecule has 2 heterocycles. The van der Waals surface area contributed by atoms with Crippen molar-refractivity contribution in [2.45, 2.75) is 31.8 Å². The highest BCUT2D eigenvalue weighted by atomic mass is 32.2. The molecule has 7 nitrogen and oxygen atoms in total. The Morgan fingerprint density at radius 3 is 2.34 bits per heavy atom. The fraction of sp³-hybridized carbons (Fsp3) is 0.333. The topological polar surface area (TPSA) is 74.3 Å². The Balaban J connectivity index is 1.81. The normalized spacial score (nSPS) is 19.6. The van der Waals surface area contributed by atoms with Crippen molar-refractivity contribution in [1.82, 2.24) is 4.90 Å². The highest BCUT2D eigenvalue weighted by Crippen LogP contribution is 2.51. The predicted molar refractivity (Wildman–Crippen MR) is 136 cm³/mol. The van der Waals surface area contributed by atoms with Crippen LogP contribution >= 0.6 is 0 Å². The number of fused-ring (bicyclic) bond motifs is 4. The molecule has 35 heavy (non-hydrogen) atoms. The second-order valence-electron chi connectivity index (χ2n) is 8.57. The zero-order chi connectivity index (χ0) is 25.3. The minimum absolute atomic E-state index is 0.0643. The Hall–Kier alpha value is -3.23. The zero-order valence-corrected chi connectivity index (χ0v) is 21.4. The summed E-state index contributed by atoms with van der Waals surface area (Å²) in [5.74, 6) is 2.06. The van der Waals surface area contributed by atoms with Crippen LogP contribution in [0.3, 0.4) is 0 Å². The molecule has 2 aliphatic heterocycles. The monoisotopic (exact) mass is 497 g/mol. The first-order chi connectivity index (χ1) is 16.8. The first-order valence-corrected chi connectivity index (χ1v) is 12.8. The molecular weight excluding hydrogens is 466 g/mol. The molecule has 0 fully saturated rings. The van der Waals surface area contributed by atoms with Crippen LogP contribution in [0, 0.1) is 0 Å². The van der Waals surface area contributed by atoms with Crippen molar-refractivity contribution in [2.75, 3.05) is 27.9 Å². The number of rotatable bonds is 8. The van der Waals surface area contributed by atoms with Gasteiger partial charge < -0.3 is 18.4 Å². The summed E-state index contributed by atoms with van der Waals surface area (Å²) >= 11 is 0. The van der Waals surface area contributed by atoms with Crippen molar-refractivity contribution in [2.24, 2.45) is 0 Å². The van der Waals surface area contributed by atoms with Crippen LogP contribution in [0.25, 0.3) is 0 Å². The van der Waals surface area contributed by atoms with Crippen LogP contribution in [-0.4, -0.2) is 41.2 Å². The summed E-state index contributed by atoms with van der Waals surface area (Å²) in [5.41, 5.74) is 4.26. The Morgan fingerprint density at radius 2 is 1.71 bits per heavy atom. The third-order valence-corrected chi connectivity index (χ3v) is 8.06.